The Morgan fingerprint density at radius 1 is 1.19 bits per heavy atom. The molecule has 4 heterocycles. The molecule has 3 aliphatic heterocycles. The molecule has 1 saturated carbocycles. The van der Waals surface area contributed by atoms with Gasteiger partial charge >= 0.3 is 6.01 Å². The number of hydrogen-bond donors (Lipinski definition) is 2. The van der Waals surface area contributed by atoms with Crippen LogP contribution in [0.15, 0.2) is 0 Å². The third-order valence-electron chi connectivity index (χ3n) is 6.53. The Hall–Kier alpha value is -1.44. The van der Waals surface area contributed by atoms with Crippen molar-refractivity contribution >= 4 is 5.82 Å². The van der Waals surface area contributed by atoms with E-state index in [9.17, 15) is 0 Å². The van der Waals surface area contributed by atoms with Crippen LogP contribution >= 0.6 is 0 Å². The lowest BCUT2D eigenvalue weighted by molar-refractivity contribution is 0.182. The third-order valence-corrected chi connectivity index (χ3v) is 6.53. The van der Waals surface area contributed by atoms with Crippen LogP contribution in [0.3, 0.4) is 0 Å². The SMILES string of the molecule is CN(C)CC1(COc2nc3c(c(N4CC5CCC(C4)N5)n2)CCNC3)CC1. The Morgan fingerprint density at radius 3 is 2.67 bits per heavy atom. The van der Waals surface area contributed by atoms with Gasteiger partial charge in [-0.05, 0) is 52.7 Å². The average Bonchev–Trinajstić information content (AvgIpc) is 3.34. The van der Waals surface area contributed by atoms with Crippen LogP contribution in [0.25, 0.3) is 0 Å². The summed E-state index contributed by atoms with van der Waals surface area (Å²) in [6.45, 7) is 5.74. The van der Waals surface area contributed by atoms with Gasteiger partial charge in [0.05, 0.1) is 12.3 Å². The number of nitrogens with one attached hydrogen (secondary N) is 2. The molecular weight excluding hydrogens is 340 g/mol. The summed E-state index contributed by atoms with van der Waals surface area (Å²) in [6.07, 6.45) is 6.06. The van der Waals surface area contributed by atoms with Gasteiger partial charge < -0.3 is 25.2 Å². The van der Waals surface area contributed by atoms with E-state index in [1.807, 2.05) is 0 Å². The van der Waals surface area contributed by atoms with Crippen LogP contribution in [-0.2, 0) is 13.0 Å². The molecule has 5 rings (SSSR count). The van der Waals surface area contributed by atoms with Crippen molar-refractivity contribution < 1.29 is 4.74 Å². The first-order chi connectivity index (χ1) is 13.1. The summed E-state index contributed by atoms with van der Waals surface area (Å²) in [4.78, 5) is 14.5. The maximum atomic E-state index is 6.18. The van der Waals surface area contributed by atoms with Crippen molar-refractivity contribution in [2.75, 3.05) is 51.8 Å². The van der Waals surface area contributed by atoms with Crippen LogP contribution in [0, 0.1) is 5.41 Å². The first-order valence-electron chi connectivity index (χ1n) is 10.5. The Kier molecular flexibility index (Phi) is 4.49. The van der Waals surface area contributed by atoms with E-state index in [2.05, 4.69) is 34.5 Å². The zero-order valence-corrected chi connectivity index (χ0v) is 16.6. The number of anilines is 1. The summed E-state index contributed by atoms with van der Waals surface area (Å²) >= 11 is 0. The van der Waals surface area contributed by atoms with Crippen LogP contribution in [0.4, 0.5) is 5.82 Å². The van der Waals surface area contributed by atoms with Gasteiger partial charge in [-0.1, -0.05) is 0 Å². The summed E-state index contributed by atoms with van der Waals surface area (Å²) in [5.74, 6) is 1.13. The van der Waals surface area contributed by atoms with Crippen molar-refractivity contribution in [1.82, 2.24) is 25.5 Å². The fourth-order valence-electron chi connectivity index (χ4n) is 5.03. The third kappa shape index (κ3) is 3.65. The van der Waals surface area contributed by atoms with Gasteiger partial charge in [0.2, 0.25) is 0 Å². The maximum Gasteiger partial charge on any atom is 0.318 e. The first-order valence-corrected chi connectivity index (χ1v) is 10.5. The highest BCUT2D eigenvalue weighted by Crippen LogP contribution is 2.46. The molecule has 4 aliphatic rings. The number of piperazine rings is 1. The summed E-state index contributed by atoms with van der Waals surface area (Å²) in [7, 11) is 4.27. The van der Waals surface area contributed by atoms with Crippen molar-refractivity contribution in [3.8, 4) is 6.01 Å². The van der Waals surface area contributed by atoms with Crippen LogP contribution in [-0.4, -0.2) is 73.8 Å². The number of fused-ring (bicyclic) bond motifs is 3. The largest absolute Gasteiger partial charge is 0.463 e. The number of rotatable bonds is 6. The van der Waals surface area contributed by atoms with E-state index in [1.165, 1.54) is 31.2 Å². The Balaban J connectivity index is 1.38. The van der Waals surface area contributed by atoms with Crippen molar-refractivity contribution in [2.24, 2.45) is 5.41 Å². The van der Waals surface area contributed by atoms with E-state index in [4.69, 9.17) is 14.7 Å². The minimum absolute atomic E-state index is 0.301. The van der Waals surface area contributed by atoms with E-state index in [0.717, 1.165) is 57.3 Å². The molecule has 0 aromatic carbocycles. The molecule has 0 radical (unpaired) electrons. The van der Waals surface area contributed by atoms with Crippen LogP contribution in [0.1, 0.15) is 36.9 Å². The fourth-order valence-corrected chi connectivity index (χ4v) is 5.03. The fraction of sp³-hybridized carbons (Fsp3) is 0.800. The van der Waals surface area contributed by atoms with Crippen molar-refractivity contribution in [3.63, 3.8) is 0 Å². The van der Waals surface area contributed by atoms with Gasteiger partial charge in [0.1, 0.15) is 5.82 Å². The lowest BCUT2D eigenvalue weighted by Crippen LogP contribution is -2.52. The molecule has 148 valence electrons. The second kappa shape index (κ2) is 6.87. The molecular formula is C20H32N6O. The number of ether oxygens (including phenoxy) is 1. The highest BCUT2D eigenvalue weighted by atomic mass is 16.5. The van der Waals surface area contributed by atoms with Gasteiger partial charge in [-0.3, -0.25) is 0 Å². The normalized spacial score (nSPS) is 28.3. The predicted molar refractivity (Wildman–Crippen MR) is 105 cm³/mol. The molecule has 1 aromatic rings. The monoisotopic (exact) mass is 372 g/mol. The van der Waals surface area contributed by atoms with Crippen molar-refractivity contribution in [2.45, 2.75) is 50.7 Å². The van der Waals surface area contributed by atoms with E-state index in [0.29, 0.717) is 23.5 Å². The Labute approximate surface area is 161 Å². The highest BCUT2D eigenvalue weighted by Gasteiger charge is 2.44. The van der Waals surface area contributed by atoms with Crippen molar-refractivity contribution in [3.05, 3.63) is 11.3 Å². The number of hydrogen-bond acceptors (Lipinski definition) is 7. The molecule has 0 spiro atoms. The minimum Gasteiger partial charge on any atom is -0.463 e. The van der Waals surface area contributed by atoms with Gasteiger partial charge in [0.25, 0.3) is 0 Å². The van der Waals surface area contributed by atoms with Gasteiger partial charge in [0, 0.05) is 49.2 Å². The second-order valence-corrected chi connectivity index (χ2v) is 9.25. The molecule has 2 N–H and O–H groups in total. The van der Waals surface area contributed by atoms with Gasteiger partial charge in [0.15, 0.2) is 0 Å². The molecule has 3 fully saturated rings. The second-order valence-electron chi connectivity index (χ2n) is 9.25. The predicted octanol–water partition coefficient (Wildman–Crippen LogP) is 0.784. The maximum absolute atomic E-state index is 6.18. The van der Waals surface area contributed by atoms with E-state index >= 15 is 0 Å². The molecule has 7 heteroatoms. The van der Waals surface area contributed by atoms with Crippen LogP contribution in [0.5, 0.6) is 6.01 Å². The van der Waals surface area contributed by atoms with E-state index in [1.54, 1.807) is 0 Å². The zero-order chi connectivity index (χ0) is 18.4. The lowest BCUT2D eigenvalue weighted by atomic mass is 10.1. The number of aromatic nitrogens is 2. The molecule has 0 amide bonds. The summed E-state index contributed by atoms with van der Waals surface area (Å²) in [5, 5.41) is 7.18. The van der Waals surface area contributed by atoms with Crippen molar-refractivity contribution in [1.29, 1.82) is 0 Å². The molecule has 2 unspecified atom stereocenters. The molecule has 27 heavy (non-hydrogen) atoms. The molecule has 1 aromatic heterocycles. The van der Waals surface area contributed by atoms with Gasteiger partial charge in [-0.15, -0.1) is 0 Å². The summed E-state index contributed by atoms with van der Waals surface area (Å²) in [6, 6.07) is 1.79. The van der Waals surface area contributed by atoms with E-state index in [-0.39, 0.29) is 0 Å². The summed E-state index contributed by atoms with van der Waals surface area (Å²) < 4.78 is 6.18. The minimum atomic E-state index is 0.301. The lowest BCUT2D eigenvalue weighted by Gasteiger charge is -2.36. The molecule has 2 bridgehead atoms. The van der Waals surface area contributed by atoms with E-state index < -0.39 is 0 Å². The highest BCUT2D eigenvalue weighted by molar-refractivity contribution is 5.52. The standard InChI is InChI=1S/C20H32N6O/c1-25(2)12-20(6-7-20)13-27-19-23-17-9-21-8-5-16(17)18(24-19)26-10-14-3-4-15(11-26)22-14/h14-15,21-22H,3-13H2,1-2H3. The topological polar surface area (TPSA) is 65.5 Å². The molecule has 1 aliphatic carbocycles. The van der Waals surface area contributed by atoms with Gasteiger partial charge in [-0.25, -0.2) is 0 Å². The zero-order valence-electron chi connectivity index (χ0n) is 16.6. The van der Waals surface area contributed by atoms with Gasteiger partial charge in [-0.2, -0.15) is 9.97 Å². The smallest absolute Gasteiger partial charge is 0.318 e. The number of nitrogens with zero attached hydrogens (tertiary/aromatic N) is 4. The first kappa shape index (κ1) is 17.6. The molecule has 2 saturated heterocycles. The van der Waals surface area contributed by atoms with Crippen LogP contribution < -0.4 is 20.3 Å². The molecule has 2 atom stereocenters. The Morgan fingerprint density at radius 2 is 1.96 bits per heavy atom. The summed E-state index contributed by atoms with van der Waals surface area (Å²) in [5.41, 5.74) is 2.76. The average molecular weight is 373 g/mol. The van der Waals surface area contributed by atoms with Crippen LogP contribution in [0.2, 0.25) is 0 Å². The Bertz CT molecular complexity index is 692. The quantitative estimate of drug-likeness (QED) is 0.765. The molecule has 7 nitrogen and oxygen atoms in total.